The lowest BCUT2D eigenvalue weighted by Crippen LogP contribution is -2.47. The van der Waals surface area contributed by atoms with Gasteiger partial charge in [0.15, 0.2) is 0 Å². The lowest BCUT2D eigenvalue weighted by Gasteiger charge is -2.19. The highest BCUT2D eigenvalue weighted by atomic mass is 16.5. The Labute approximate surface area is 145 Å². The third-order valence-corrected chi connectivity index (χ3v) is 2.91. The van der Waals surface area contributed by atoms with Gasteiger partial charge in [0, 0.05) is 13.3 Å². The van der Waals surface area contributed by atoms with Gasteiger partial charge in [0.25, 0.3) is 0 Å². The van der Waals surface area contributed by atoms with Crippen LogP contribution in [0, 0.1) is 0 Å². The van der Waals surface area contributed by atoms with E-state index in [1.165, 1.54) is 0 Å². The van der Waals surface area contributed by atoms with Crippen LogP contribution in [0.25, 0.3) is 0 Å². The van der Waals surface area contributed by atoms with Crippen LogP contribution in [-0.4, -0.2) is 60.1 Å². The van der Waals surface area contributed by atoms with E-state index in [-0.39, 0.29) is 26.1 Å². The fourth-order valence-electron chi connectivity index (χ4n) is 1.87. The van der Waals surface area contributed by atoms with Gasteiger partial charge in [0.2, 0.25) is 11.8 Å². The summed E-state index contributed by atoms with van der Waals surface area (Å²) >= 11 is 0. The molecule has 0 heterocycles. The standard InChI is InChI=1S/C15H24N2O8/c1-4-24-13(20)7-6-10(15(23)25-5-2)17-12(19)8-11(14(21)22)16-9(3)18/h10-11H,4-8H2,1-3H3,(H,16,18)(H,17,19)(H,21,22)/t10-,11-/m1/s1. The van der Waals surface area contributed by atoms with Crippen molar-refractivity contribution in [3.8, 4) is 0 Å². The molecule has 0 aromatic carbocycles. The second kappa shape index (κ2) is 11.8. The Kier molecular flexibility index (Phi) is 10.6. The Morgan fingerprint density at radius 3 is 2.04 bits per heavy atom. The van der Waals surface area contributed by atoms with E-state index >= 15 is 0 Å². The highest BCUT2D eigenvalue weighted by Crippen LogP contribution is 2.04. The highest BCUT2D eigenvalue weighted by molar-refractivity contribution is 5.90. The molecular weight excluding hydrogens is 336 g/mol. The van der Waals surface area contributed by atoms with E-state index < -0.39 is 48.2 Å². The second-order valence-corrected chi connectivity index (χ2v) is 5.01. The van der Waals surface area contributed by atoms with Gasteiger partial charge in [-0.25, -0.2) is 9.59 Å². The molecule has 25 heavy (non-hydrogen) atoms. The summed E-state index contributed by atoms with van der Waals surface area (Å²) in [6, 6.07) is -2.55. The zero-order valence-corrected chi connectivity index (χ0v) is 14.5. The Bertz CT molecular complexity index is 506. The summed E-state index contributed by atoms with van der Waals surface area (Å²) in [6.07, 6.45) is -0.739. The number of esters is 2. The van der Waals surface area contributed by atoms with Crippen LogP contribution in [0.4, 0.5) is 0 Å². The average Bonchev–Trinajstić information content (AvgIpc) is 2.50. The van der Waals surface area contributed by atoms with Gasteiger partial charge in [-0.05, 0) is 20.3 Å². The summed E-state index contributed by atoms with van der Waals surface area (Å²) in [6.45, 7) is 4.60. The number of hydrogen-bond donors (Lipinski definition) is 3. The first-order chi connectivity index (χ1) is 11.7. The number of carboxylic acids is 1. The molecule has 0 saturated heterocycles. The van der Waals surface area contributed by atoms with Crippen LogP contribution in [0.5, 0.6) is 0 Å². The van der Waals surface area contributed by atoms with Crippen LogP contribution in [0.1, 0.15) is 40.0 Å². The smallest absolute Gasteiger partial charge is 0.328 e. The molecule has 0 aromatic heterocycles. The van der Waals surface area contributed by atoms with Gasteiger partial charge >= 0.3 is 17.9 Å². The summed E-state index contributed by atoms with van der Waals surface area (Å²) in [7, 11) is 0. The van der Waals surface area contributed by atoms with E-state index in [0.29, 0.717) is 0 Å². The lowest BCUT2D eigenvalue weighted by molar-refractivity contribution is -0.149. The van der Waals surface area contributed by atoms with E-state index in [1.807, 2.05) is 0 Å². The minimum absolute atomic E-state index is 0.0543. The number of carbonyl (C=O) groups is 5. The Hall–Kier alpha value is -2.65. The van der Waals surface area contributed by atoms with Gasteiger partial charge < -0.3 is 25.2 Å². The largest absolute Gasteiger partial charge is 0.480 e. The average molecular weight is 360 g/mol. The van der Waals surface area contributed by atoms with Gasteiger partial charge in [-0.1, -0.05) is 0 Å². The van der Waals surface area contributed by atoms with Crippen molar-refractivity contribution < 1.29 is 38.6 Å². The van der Waals surface area contributed by atoms with Gasteiger partial charge in [-0.2, -0.15) is 0 Å². The Balaban J connectivity index is 4.82. The van der Waals surface area contributed by atoms with E-state index in [2.05, 4.69) is 10.6 Å². The maximum atomic E-state index is 12.0. The molecule has 0 radical (unpaired) electrons. The first-order valence-corrected chi connectivity index (χ1v) is 7.82. The maximum Gasteiger partial charge on any atom is 0.328 e. The van der Waals surface area contributed by atoms with Crippen LogP contribution in [0.3, 0.4) is 0 Å². The number of nitrogens with one attached hydrogen (secondary N) is 2. The van der Waals surface area contributed by atoms with Crippen molar-refractivity contribution in [3.05, 3.63) is 0 Å². The predicted octanol–water partition coefficient (Wildman–Crippen LogP) is -0.643. The van der Waals surface area contributed by atoms with E-state index in [1.54, 1.807) is 13.8 Å². The molecule has 0 fully saturated rings. The summed E-state index contributed by atoms with van der Waals surface area (Å²) < 4.78 is 9.57. The molecule has 0 aliphatic carbocycles. The van der Waals surface area contributed by atoms with Crippen molar-refractivity contribution in [1.82, 2.24) is 10.6 Å². The summed E-state index contributed by atoms with van der Waals surface area (Å²) in [5, 5.41) is 13.4. The molecule has 10 nitrogen and oxygen atoms in total. The fraction of sp³-hybridized carbons (Fsp3) is 0.667. The zero-order chi connectivity index (χ0) is 19.4. The minimum atomic E-state index is -1.43. The number of rotatable bonds is 11. The van der Waals surface area contributed by atoms with Crippen LogP contribution >= 0.6 is 0 Å². The predicted molar refractivity (Wildman–Crippen MR) is 84.3 cm³/mol. The quantitative estimate of drug-likeness (QED) is 0.412. The van der Waals surface area contributed by atoms with E-state index in [9.17, 15) is 24.0 Å². The molecule has 0 bridgehead atoms. The SMILES string of the molecule is CCOC(=O)CC[C@@H](NC(=O)C[C@@H](NC(C)=O)C(=O)O)C(=O)OCC. The van der Waals surface area contributed by atoms with Crippen molar-refractivity contribution in [2.75, 3.05) is 13.2 Å². The van der Waals surface area contributed by atoms with Gasteiger partial charge in [-0.3, -0.25) is 14.4 Å². The second-order valence-electron chi connectivity index (χ2n) is 5.01. The van der Waals surface area contributed by atoms with E-state index in [0.717, 1.165) is 6.92 Å². The molecule has 0 rings (SSSR count). The number of aliphatic carboxylic acids is 1. The molecule has 2 atom stereocenters. The highest BCUT2D eigenvalue weighted by Gasteiger charge is 2.27. The van der Waals surface area contributed by atoms with Crippen molar-refractivity contribution in [2.45, 2.75) is 52.1 Å². The molecule has 0 aromatic rings. The molecule has 3 N–H and O–H groups in total. The van der Waals surface area contributed by atoms with Crippen LogP contribution in [0.15, 0.2) is 0 Å². The van der Waals surface area contributed by atoms with Crippen LogP contribution in [0.2, 0.25) is 0 Å². The van der Waals surface area contributed by atoms with Crippen LogP contribution < -0.4 is 10.6 Å². The molecule has 0 unspecified atom stereocenters. The molecule has 0 saturated carbocycles. The first-order valence-electron chi connectivity index (χ1n) is 7.82. The Morgan fingerprint density at radius 2 is 1.56 bits per heavy atom. The minimum Gasteiger partial charge on any atom is -0.480 e. The molecule has 142 valence electrons. The van der Waals surface area contributed by atoms with Crippen molar-refractivity contribution in [3.63, 3.8) is 0 Å². The van der Waals surface area contributed by atoms with Gasteiger partial charge in [-0.15, -0.1) is 0 Å². The molecular formula is C15H24N2O8. The third kappa shape index (κ3) is 9.95. The monoisotopic (exact) mass is 360 g/mol. The van der Waals surface area contributed by atoms with Crippen molar-refractivity contribution in [1.29, 1.82) is 0 Å². The van der Waals surface area contributed by atoms with Crippen molar-refractivity contribution in [2.24, 2.45) is 0 Å². The van der Waals surface area contributed by atoms with Crippen molar-refractivity contribution >= 4 is 29.7 Å². The normalized spacial score (nSPS) is 12.4. The first kappa shape index (κ1) is 22.4. The van der Waals surface area contributed by atoms with Gasteiger partial charge in [0.1, 0.15) is 12.1 Å². The molecule has 2 amide bonds. The van der Waals surface area contributed by atoms with E-state index in [4.69, 9.17) is 14.6 Å². The summed E-state index contributed by atoms with van der Waals surface area (Å²) in [5.74, 6) is -4.05. The fourth-order valence-corrected chi connectivity index (χ4v) is 1.87. The number of carbonyl (C=O) groups excluding carboxylic acids is 4. The number of amides is 2. The maximum absolute atomic E-state index is 12.0. The Morgan fingerprint density at radius 1 is 0.960 bits per heavy atom. The topological polar surface area (TPSA) is 148 Å². The molecule has 0 spiro atoms. The van der Waals surface area contributed by atoms with Gasteiger partial charge in [0.05, 0.1) is 19.6 Å². The molecule has 0 aliphatic rings. The number of carboxylic acid groups (broad SMARTS) is 1. The van der Waals surface area contributed by atoms with Crippen LogP contribution in [-0.2, 0) is 33.4 Å². The lowest BCUT2D eigenvalue weighted by atomic mass is 10.1. The summed E-state index contributed by atoms with van der Waals surface area (Å²) in [4.78, 5) is 57.2. The third-order valence-electron chi connectivity index (χ3n) is 2.91. The molecule has 10 heteroatoms. The number of hydrogen-bond acceptors (Lipinski definition) is 7. The number of ether oxygens (including phenoxy) is 2. The molecule has 0 aliphatic heterocycles. The summed E-state index contributed by atoms with van der Waals surface area (Å²) in [5.41, 5.74) is 0. The zero-order valence-electron chi connectivity index (χ0n) is 14.5.